The SMILES string of the molecule is CN(C)C(=O)c1ccc(-c2ccc3c(c2)CC(=O)N3)cc1. The van der Waals surface area contributed by atoms with Crippen molar-refractivity contribution in [1.82, 2.24) is 4.90 Å². The fourth-order valence-electron chi connectivity index (χ4n) is 2.47. The second-order valence-electron chi connectivity index (χ2n) is 5.37. The molecule has 0 atom stereocenters. The number of rotatable bonds is 2. The van der Waals surface area contributed by atoms with Crippen molar-refractivity contribution in [1.29, 1.82) is 0 Å². The van der Waals surface area contributed by atoms with Crippen LogP contribution in [-0.2, 0) is 11.2 Å². The molecule has 106 valence electrons. The highest BCUT2D eigenvalue weighted by atomic mass is 16.2. The minimum Gasteiger partial charge on any atom is -0.345 e. The summed E-state index contributed by atoms with van der Waals surface area (Å²) in [5.41, 5.74) is 4.66. The highest BCUT2D eigenvalue weighted by Crippen LogP contribution is 2.29. The molecule has 0 radical (unpaired) electrons. The average Bonchev–Trinajstić information content (AvgIpc) is 2.85. The lowest BCUT2D eigenvalue weighted by molar-refractivity contribution is -0.115. The van der Waals surface area contributed by atoms with Crippen LogP contribution >= 0.6 is 0 Å². The molecule has 4 nitrogen and oxygen atoms in total. The van der Waals surface area contributed by atoms with Gasteiger partial charge in [-0.3, -0.25) is 9.59 Å². The average molecular weight is 280 g/mol. The van der Waals surface area contributed by atoms with Gasteiger partial charge in [0, 0.05) is 25.3 Å². The topological polar surface area (TPSA) is 49.4 Å². The number of nitrogens with zero attached hydrogens (tertiary/aromatic N) is 1. The van der Waals surface area contributed by atoms with Crippen LogP contribution in [0.15, 0.2) is 42.5 Å². The Hall–Kier alpha value is -2.62. The molecular formula is C17H16N2O2. The summed E-state index contributed by atoms with van der Waals surface area (Å²) >= 11 is 0. The van der Waals surface area contributed by atoms with E-state index in [1.54, 1.807) is 19.0 Å². The largest absolute Gasteiger partial charge is 0.345 e. The van der Waals surface area contributed by atoms with Crippen LogP contribution in [0.5, 0.6) is 0 Å². The summed E-state index contributed by atoms with van der Waals surface area (Å²) in [6.45, 7) is 0. The summed E-state index contributed by atoms with van der Waals surface area (Å²) in [5.74, 6) is 0.0272. The zero-order chi connectivity index (χ0) is 15.0. The van der Waals surface area contributed by atoms with Crippen LogP contribution in [0.2, 0.25) is 0 Å². The summed E-state index contributed by atoms with van der Waals surface area (Å²) < 4.78 is 0. The Bertz CT molecular complexity index is 718. The van der Waals surface area contributed by atoms with E-state index in [2.05, 4.69) is 5.32 Å². The summed E-state index contributed by atoms with van der Waals surface area (Å²) in [7, 11) is 3.47. The van der Waals surface area contributed by atoms with Gasteiger partial charge in [0.2, 0.25) is 5.91 Å². The smallest absolute Gasteiger partial charge is 0.253 e. The lowest BCUT2D eigenvalue weighted by atomic mass is 10.0. The first-order chi connectivity index (χ1) is 10.0. The monoisotopic (exact) mass is 280 g/mol. The Morgan fingerprint density at radius 1 is 1.05 bits per heavy atom. The van der Waals surface area contributed by atoms with Gasteiger partial charge in [-0.1, -0.05) is 18.2 Å². The van der Waals surface area contributed by atoms with Crippen LogP contribution in [0.3, 0.4) is 0 Å². The number of amides is 2. The van der Waals surface area contributed by atoms with Crippen molar-refractivity contribution in [3.8, 4) is 11.1 Å². The van der Waals surface area contributed by atoms with Gasteiger partial charge in [0.25, 0.3) is 5.91 Å². The highest BCUT2D eigenvalue weighted by Gasteiger charge is 2.17. The molecule has 1 heterocycles. The first kappa shape index (κ1) is 13.4. The third-order valence-corrected chi connectivity index (χ3v) is 3.60. The van der Waals surface area contributed by atoms with Crippen molar-refractivity contribution in [2.45, 2.75) is 6.42 Å². The molecule has 21 heavy (non-hydrogen) atoms. The Morgan fingerprint density at radius 2 is 1.71 bits per heavy atom. The Balaban J connectivity index is 1.90. The number of fused-ring (bicyclic) bond motifs is 1. The van der Waals surface area contributed by atoms with Crippen molar-refractivity contribution in [3.63, 3.8) is 0 Å². The van der Waals surface area contributed by atoms with Gasteiger partial charge in [-0.15, -0.1) is 0 Å². The standard InChI is InChI=1S/C17H16N2O2/c1-19(2)17(21)12-5-3-11(4-6-12)13-7-8-15-14(9-13)10-16(20)18-15/h3-9H,10H2,1-2H3,(H,18,20). The third kappa shape index (κ3) is 2.52. The van der Waals surface area contributed by atoms with E-state index in [0.29, 0.717) is 12.0 Å². The van der Waals surface area contributed by atoms with Gasteiger partial charge in [0.05, 0.1) is 6.42 Å². The number of nitrogens with one attached hydrogen (secondary N) is 1. The fourth-order valence-corrected chi connectivity index (χ4v) is 2.47. The highest BCUT2D eigenvalue weighted by molar-refractivity contribution is 5.99. The van der Waals surface area contributed by atoms with Gasteiger partial charge in [0.1, 0.15) is 0 Å². The molecule has 2 amide bonds. The van der Waals surface area contributed by atoms with Gasteiger partial charge in [-0.05, 0) is 41.0 Å². The number of carbonyl (C=O) groups excluding carboxylic acids is 2. The molecule has 0 unspecified atom stereocenters. The van der Waals surface area contributed by atoms with E-state index in [1.165, 1.54) is 0 Å². The summed E-state index contributed by atoms with van der Waals surface area (Å²) in [6, 6.07) is 13.4. The van der Waals surface area contributed by atoms with Gasteiger partial charge < -0.3 is 10.2 Å². The molecule has 2 aromatic carbocycles. The fraction of sp³-hybridized carbons (Fsp3) is 0.176. The number of hydrogen-bond acceptors (Lipinski definition) is 2. The van der Waals surface area contributed by atoms with Crippen molar-refractivity contribution in [2.24, 2.45) is 0 Å². The van der Waals surface area contributed by atoms with Crippen LogP contribution in [-0.4, -0.2) is 30.8 Å². The summed E-state index contributed by atoms with van der Waals surface area (Å²) in [6.07, 6.45) is 0.431. The molecule has 1 aliphatic rings. The lowest BCUT2D eigenvalue weighted by Crippen LogP contribution is -2.21. The van der Waals surface area contributed by atoms with Crippen LogP contribution in [0.25, 0.3) is 11.1 Å². The maximum Gasteiger partial charge on any atom is 0.253 e. The maximum absolute atomic E-state index is 11.9. The molecule has 0 fully saturated rings. The van der Waals surface area contributed by atoms with E-state index in [0.717, 1.165) is 22.4 Å². The van der Waals surface area contributed by atoms with Crippen LogP contribution in [0, 0.1) is 0 Å². The van der Waals surface area contributed by atoms with Gasteiger partial charge in [0.15, 0.2) is 0 Å². The van der Waals surface area contributed by atoms with Gasteiger partial charge in [-0.2, -0.15) is 0 Å². The zero-order valence-electron chi connectivity index (χ0n) is 12.0. The minimum absolute atomic E-state index is 0.00898. The van der Waals surface area contributed by atoms with Crippen molar-refractivity contribution >= 4 is 17.5 Å². The van der Waals surface area contributed by atoms with E-state index < -0.39 is 0 Å². The summed E-state index contributed by atoms with van der Waals surface area (Å²) in [4.78, 5) is 24.8. The normalized spacial score (nSPS) is 12.8. The van der Waals surface area contributed by atoms with Crippen molar-refractivity contribution in [2.75, 3.05) is 19.4 Å². The second-order valence-corrected chi connectivity index (χ2v) is 5.37. The van der Waals surface area contributed by atoms with Gasteiger partial charge in [-0.25, -0.2) is 0 Å². The predicted octanol–water partition coefficient (Wildman–Crippen LogP) is 2.55. The van der Waals surface area contributed by atoms with Crippen molar-refractivity contribution < 1.29 is 9.59 Å². The molecule has 1 aliphatic heterocycles. The van der Waals surface area contributed by atoms with Crippen LogP contribution in [0.1, 0.15) is 15.9 Å². The molecule has 0 aliphatic carbocycles. The predicted molar refractivity (Wildman–Crippen MR) is 82.2 cm³/mol. The molecule has 3 rings (SSSR count). The molecular weight excluding hydrogens is 264 g/mol. The molecule has 0 saturated heterocycles. The van der Waals surface area contributed by atoms with Gasteiger partial charge >= 0.3 is 0 Å². The Kier molecular flexibility index (Phi) is 3.22. The van der Waals surface area contributed by atoms with Crippen molar-refractivity contribution in [3.05, 3.63) is 53.6 Å². The molecule has 4 heteroatoms. The van der Waals surface area contributed by atoms with E-state index >= 15 is 0 Å². The number of hydrogen-bond donors (Lipinski definition) is 1. The third-order valence-electron chi connectivity index (χ3n) is 3.60. The Morgan fingerprint density at radius 3 is 2.38 bits per heavy atom. The Labute approximate surface area is 123 Å². The summed E-state index contributed by atoms with van der Waals surface area (Å²) in [5, 5.41) is 2.82. The van der Waals surface area contributed by atoms with E-state index in [1.807, 2.05) is 42.5 Å². The quantitative estimate of drug-likeness (QED) is 0.919. The van der Waals surface area contributed by atoms with E-state index in [-0.39, 0.29) is 11.8 Å². The molecule has 1 N–H and O–H groups in total. The molecule has 0 bridgehead atoms. The number of carbonyl (C=O) groups is 2. The van der Waals surface area contributed by atoms with Crippen LogP contribution in [0.4, 0.5) is 5.69 Å². The lowest BCUT2D eigenvalue weighted by Gasteiger charge is -2.11. The molecule has 0 spiro atoms. The number of anilines is 1. The molecule has 0 saturated carbocycles. The molecule has 0 aromatic heterocycles. The first-order valence-electron chi connectivity index (χ1n) is 6.79. The number of benzene rings is 2. The van der Waals surface area contributed by atoms with E-state index in [4.69, 9.17) is 0 Å². The minimum atomic E-state index is -0.00898. The van der Waals surface area contributed by atoms with E-state index in [9.17, 15) is 9.59 Å². The van der Waals surface area contributed by atoms with Crippen LogP contribution < -0.4 is 5.32 Å². The second kappa shape index (κ2) is 5.05. The first-order valence-corrected chi connectivity index (χ1v) is 6.79. The molecule has 2 aromatic rings. The maximum atomic E-state index is 11.9. The zero-order valence-corrected chi connectivity index (χ0v) is 12.0.